The van der Waals surface area contributed by atoms with Gasteiger partial charge >= 0.3 is 0 Å². The van der Waals surface area contributed by atoms with E-state index in [9.17, 15) is 0 Å². The first kappa shape index (κ1) is 15.2. The lowest BCUT2D eigenvalue weighted by Gasteiger charge is -2.21. The first-order valence-electron chi connectivity index (χ1n) is 7.78. The van der Waals surface area contributed by atoms with Crippen LogP contribution in [0.15, 0.2) is 18.2 Å². The maximum Gasteiger partial charge on any atom is 0.161 e. The lowest BCUT2D eigenvalue weighted by molar-refractivity contribution is 0.280. The molecule has 0 spiro atoms. The van der Waals surface area contributed by atoms with Gasteiger partial charge < -0.3 is 14.8 Å². The summed E-state index contributed by atoms with van der Waals surface area (Å²) in [6, 6.07) is 6.04. The number of hydrogen-bond acceptors (Lipinski definition) is 3. The second kappa shape index (κ2) is 8.15. The van der Waals surface area contributed by atoms with Crippen molar-refractivity contribution >= 4 is 0 Å². The first-order valence-corrected chi connectivity index (χ1v) is 7.78. The topological polar surface area (TPSA) is 30.5 Å². The molecule has 1 N–H and O–H groups in total. The molecule has 1 aliphatic carbocycles. The number of rotatable bonds is 7. The van der Waals surface area contributed by atoms with Gasteiger partial charge in [0.25, 0.3) is 0 Å². The quantitative estimate of drug-likeness (QED) is 0.773. The highest BCUT2D eigenvalue weighted by Crippen LogP contribution is 2.27. The summed E-state index contributed by atoms with van der Waals surface area (Å²) in [7, 11) is 1.68. The lowest BCUT2D eigenvalue weighted by atomic mass is 9.89. The highest BCUT2D eigenvalue weighted by atomic mass is 16.5. The van der Waals surface area contributed by atoms with Crippen molar-refractivity contribution in [3.05, 3.63) is 23.8 Å². The maximum absolute atomic E-state index is 5.78. The molecule has 1 fully saturated rings. The van der Waals surface area contributed by atoms with Gasteiger partial charge in [0.1, 0.15) is 6.61 Å². The summed E-state index contributed by atoms with van der Waals surface area (Å²) in [5.41, 5.74) is 1.18. The van der Waals surface area contributed by atoms with E-state index >= 15 is 0 Å². The van der Waals surface area contributed by atoms with Crippen molar-refractivity contribution in [3.63, 3.8) is 0 Å². The van der Waals surface area contributed by atoms with E-state index < -0.39 is 0 Å². The van der Waals surface area contributed by atoms with Crippen molar-refractivity contribution in [1.29, 1.82) is 0 Å². The summed E-state index contributed by atoms with van der Waals surface area (Å²) in [5, 5.41) is 3.51. The van der Waals surface area contributed by atoms with Gasteiger partial charge in [-0.15, -0.1) is 0 Å². The molecule has 1 aromatic carbocycles. The molecule has 20 heavy (non-hydrogen) atoms. The van der Waals surface area contributed by atoms with Crippen molar-refractivity contribution in [3.8, 4) is 11.5 Å². The molecule has 1 saturated carbocycles. The Morgan fingerprint density at radius 2 is 1.95 bits per heavy atom. The van der Waals surface area contributed by atoms with Crippen molar-refractivity contribution in [2.24, 2.45) is 5.92 Å². The van der Waals surface area contributed by atoms with Gasteiger partial charge in [-0.3, -0.25) is 0 Å². The van der Waals surface area contributed by atoms with Crippen molar-refractivity contribution in [2.45, 2.75) is 39.0 Å². The van der Waals surface area contributed by atoms with Gasteiger partial charge in [0.05, 0.1) is 7.11 Å². The zero-order valence-corrected chi connectivity index (χ0v) is 12.8. The van der Waals surface area contributed by atoms with Crippen molar-refractivity contribution in [2.75, 3.05) is 26.8 Å². The van der Waals surface area contributed by atoms with E-state index in [2.05, 4.69) is 12.2 Å². The molecule has 2 rings (SSSR count). The third-order valence-corrected chi connectivity index (χ3v) is 4.01. The first-order chi connectivity index (χ1) is 9.79. The molecule has 1 aliphatic rings. The third kappa shape index (κ3) is 4.71. The molecule has 0 radical (unpaired) electrons. The van der Waals surface area contributed by atoms with E-state index in [-0.39, 0.29) is 0 Å². The maximum atomic E-state index is 5.78. The van der Waals surface area contributed by atoms with Gasteiger partial charge in [-0.2, -0.15) is 0 Å². The van der Waals surface area contributed by atoms with Gasteiger partial charge in [-0.05, 0) is 49.9 Å². The fraction of sp³-hybridized carbons (Fsp3) is 0.647. The van der Waals surface area contributed by atoms with Crippen LogP contribution in [0.4, 0.5) is 0 Å². The molecule has 0 saturated heterocycles. The Kier molecular flexibility index (Phi) is 6.19. The number of methoxy groups -OCH3 is 1. The van der Waals surface area contributed by atoms with Crippen LogP contribution in [0, 0.1) is 12.8 Å². The molecule has 0 bridgehead atoms. The molecule has 0 atom stereocenters. The molecule has 1 aromatic rings. The Hall–Kier alpha value is -1.22. The molecule has 112 valence electrons. The predicted octanol–water partition coefficient (Wildman–Crippen LogP) is 3.55. The summed E-state index contributed by atoms with van der Waals surface area (Å²) in [6.07, 6.45) is 7.01. The summed E-state index contributed by atoms with van der Waals surface area (Å²) >= 11 is 0. The SMILES string of the molecule is COc1cc(C)ccc1OCCNCC1CCCCC1. The Morgan fingerprint density at radius 1 is 1.15 bits per heavy atom. The zero-order chi connectivity index (χ0) is 14.2. The summed E-state index contributed by atoms with van der Waals surface area (Å²) in [4.78, 5) is 0. The largest absolute Gasteiger partial charge is 0.493 e. The number of ether oxygens (including phenoxy) is 2. The van der Waals surface area contributed by atoms with Crippen molar-refractivity contribution in [1.82, 2.24) is 5.32 Å². The van der Waals surface area contributed by atoms with Crippen LogP contribution >= 0.6 is 0 Å². The van der Waals surface area contributed by atoms with E-state index in [1.54, 1.807) is 7.11 Å². The van der Waals surface area contributed by atoms with Gasteiger partial charge in [-0.1, -0.05) is 25.3 Å². The molecule has 3 nitrogen and oxygen atoms in total. The lowest BCUT2D eigenvalue weighted by Crippen LogP contribution is -2.28. The van der Waals surface area contributed by atoms with Crippen molar-refractivity contribution < 1.29 is 9.47 Å². The average Bonchev–Trinajstić information content (AvgIpc) is 2.49. The van der Waals surface area contributed by atoms with Crippen LogP contribution in [-0.2, 0) is 0 Å². The summed E-state index contributed by atoms with van der Waals surface area (Å²) in [6.45, 7) is 4.77. The van der Waals surface area contributed by atoms with Gasteiger partial charge in [0, 0.05) is 6.54 Å². The van der Waals surface area contributed by atoms with Crippen LogP contribution < -0.4 is 14.8 Å². The number of aryl methyl sites for hydroxylation is 1. The Labute approximate surface area is 122 Å². The van der Waals surface area contributed by atoms with Crippen LogP contribution in [-0.4, -0.2) is 26.8 Å². The highest BCUT2D eigenvalue weighted by molar-refractivity contribution is 5.42. The monoisotopic (exact) mass is 277 g/mol. The molecular formula is C17H27NO2. The van der Waals surface area contributed by atoms with Crippen LogP contribution in [0.25, 0.3) is 0 Å². The minimum absolute atomic E-state index is 0.687. The van der Waals surface area contributed by atoms with Crippen LogP contribution in [0.2, 0.25) is 0 Å². The Balaban J connectivity index is 1.65. The molecule has 3 heteroatoms. The average molecular weight is 277 g/mol. The standard InChI is InChI=1S/C17H27NO2/c1-14-8-9-16(17(12-14)19-2)20-11-10-18-13-15-6-4-3-5-7-15/h8-9,12,15,18H,3-7,10-11,13H2,1-2H3. The minimum atomic E-state index is 0.687. The molecule has 0 unspecified atom stereocenters. The summed E-state index contributed by atoms with van der Waals surface area (Å²) in [5.74, 6) is 2.52. The van der Waals surface area contributed by atoms with E-state index in [1.807, 2.05) is 18.2 Å². The third-order valence-electron chi connectivity index (χ3n) is 4.01. The molecule has 0 aromatic heterocycles. The van der Waals surface area contributed by atoms with Gasteiger partial charge in [0.15, 0.2) is 11.5 Å². The predicted molar refractivity (Wildman–Crippen MR) is 82.7 cm³/mol. The van der Waals surface area contributed by atoms with Crippen LogP contribution in [0.3, 0.4) is 0 Å². The highest BCUT2D eigenvalue weighted by Gasteiger charge is 2.12. The van der Waals surface area contributed by atoms with E-state index in [1.165, 1.54) is 37.7 Å². The fourth-order valence-electron chi connectivity index (χ4n) is 2.82. The second-order valence-electron chi connectivity index (χ2n) is 5.71. The van der Waals surface area contributed by atoms with Crippen LogP contribution in [0.1, 0.15) is 37.7 Å². The smallest absolute Gasteiger partial charge is 0.161 e. The Morgan fingerprint density at radius 3 is 2.70 bits per heavy atom. The fourth-order valence-corrected chi connectivity index (χ4v) is 2.82. The van der Waals surface area contributed by atoms with Gasteiger partial charge in [0.2, 0.25) is 0 Å². The Bertz CT molecular complexity index is 400. The normalized spacial score (nSPS) is 16.1. The van der Waals surface area contributed by atoms with E-state index in [4.69, 9.17) is 9.47 Å². The number of benzene rings is 1. The molecule has 0 heterocycles. The minimum Gasteiger partial charge on any atom is -0.493 e. The molecule has 0 aliphatic heterocycles. The van der Waals surface area contributed by atoms with E-state index in [0.717, 1.165) is 30.5 Å². The van der Waals surface area contributed by atoms with Gasteiger partial charge in [-0.25, -0.2) is 0 Å². The number of hydrogen-bond donors (Lipinski definition) is 1. The molecule has 0 amide bonds. The summed E-state index contributed by atoms with van der Waals surface area (Å²) < 4.78 is 11.1. The zero-order valence-electron chi connectivity index (χ0n) is 12.8. The van der Waals surface area contributed by atoms with E-state index in [0.29, 0.717) is 6.61 Å². The number of nitrogens with one attached hydrogen (secondary N) is 1. The van der Waals surface area contributed by atoms with Crippen LogP contribution in [0.5, 0.6) is 11.5 Å². The second-order valence-corrected chi connectivity index (χ2v) is 5.71. The molecular weight excluding hydrogens is 250 g/mol.